The van der Waals surface area contributed by atoms with Crippen LogP contribution in [-0.2, 0) is 22.0 Å². The van der Waals surface area contributed by atoms with E-state index in [1.165, 1.54) is 38.1 Å². The van der Waals surface area contributed by atoms with Crippen LogP contribution in [-0.4, -0.2) is 24.4 Å². The van der Waals surface area contributed by atoms with Gasteiger partial charge >= 0.3 is 24.6 Å². The summed E-state index contributed by atoms with van der Waals surface area (Å²) in [5.41, 5.74) is -7.09. The third-order valence-corrected chi connectivity index (χ3v) is 7.37. The van der Waals surface area contributed by atoms with Gasteiger partial charge in [-0.15, -0.1) is 11.6 Å². The number of rotatable bonds is 4. The molecule has 0 N–H and O–H groups in total. The van der Waals surface area contributed by atoms with Gasteiger partial charge in [-0.05, 0) is 62.1 Å². The average Bonchev–Trinajstić information content (AvgIpc) is 2.80. The second kappa shape index (κ2) is 9.84. The summed E-state index contributed by atoms with van der Waals surface area (Å²) >= 11 is 6.70. The first-order chi connectivity index (χ1) is 17.3. The van der Waals surface area contributed by atoms with Crippen molar-refractivity contribution in [2.75, 3.05) is 11.5 Å². The molecular formula is C25H23ClF9NO2. The van der Waals surface area contributed by atoms with E-state index >= 15 is 0 Å². The van der Waals surface area contributed by atoms with Crippen LogP contribution in [0.4, 0.5) is 50.0 Å². The Morgan fingerprint density at radius 2 is 1.45 bits per heavy atom. The molecular weight excluding hydrogens is 553 g/mol. The second-order valence-corrected chi connectivity index (χ2v) is 9.89. The summed E-state index contributed by atoms with van der Waals surface area (Å²) in [6.45, 7) is 3.40. The van der Waals surface area contributed by atoms with Crippen LogP contribution < -0.4 is 4.90 Å². The normalized spacial score (nSPS) is 22.0. The number of anilines is 1. The van der Waals surface area contributed by atoms with Gasteiger partial charge < -0.3 is 4.74 Å². The summed E-state index contributed by atoms with van der Waals surface area (Å²) in [5, 5.41) is 0. The number of ether oxygens (including phenoxy) is 1. The van der Waals surface area contributed by atoms with E-state index in [1.807, 2.05) is 0 Å². The first-order valence-electron chi connectivity index (χ1n) is 11.4. The highest BCUT2D eigenvalue weighted by Gasteiger charge is 2.64. The molecule has 0 saturated carbocycles. The molecule has 0 aliphatic carbocycles. The maximum Gasteiger partial charge on any atom is 0.416 e. The largest absolute Gasteiger partial charge is 0.449 e. The number of carbonyl (C=O) groups excluding carboxylic acids is 1. The molecule has 1 amide bonds. The first-order valence-corrected chi connectivity index (χ1v) is 11.8. The van der Waals surface area contributed by atoms with E-state index in [1.54, 1.807) is 0 Å². The second-order valence-electron chi connectivity index (χ2n) is 9.10. The molecule has 2 aromatic carbocycles. The molecule has 0 spiro atoms. The highest BCUT2D eigenvalue weighted by Crippen LogP contribution is 2.59. The summed E-state index contributed by atoms with van der Waals surface area (Å²) < 4.78 is 130. The standard InChI is InChI=1S/C25H23ClF9NO2/c1-4-22(25(33,34)35)13-18(17-8-6-7-9-19(17)36(22)20(37)38-5-2)21(3,26)14-10-15(23(27,28)29)12-16(11-14)24(30,31)32/h6-12,18H,4-5,13H2,1-3H3. The summed E-state index contributed by atoms with van der Waals surface area (Å²) in [6, 6.07) is 6.03. The Bertz CT molecular complexity index is 1160. The van der Waals surface area contributed by atoms with Gasteiger partial charge in [0.25, 0.3) is 0 Å². The quantitative estimate of drug-likeness (QED) is 0.269. The molecule has 0 aromatic heterocycles. The van der Waals surface area contributed by atoms with Crippen LogP contribution in [0, 0.1) is 0 Å². The number of alkyl halides is 10. The third kappa shape index (κ3) is 5.15. The lowest BCUT2D eigenvalue weighted by atomic mass is 9.68. The topological polar surface area (TPSA) is 29.5 Å². The number of halogens is 10. The van der Waals surface area contributed by atoms with E-state index in [0.29, 0.717) is 17.0 Å². The van der Waals surface area contributed by atoms with Crippen molar-refractivity contribution in [3.05, 3.63) is 64.7 Å². The van der Waals surface area contributed by atoms with Crippen LogP contribution in [0.15, 0.2) is 42.5 Å². The minimum atomic E-state index is -5.19. The van der Waals surface area contributed by atoms with Crippen LogP contribution in [0.25, 0.3) is 0 Å². The van der Waals surface area contributed by atoms with Crippen LogP contribution >= 0.6 is 11.6 Å². The molecule has 1 aliphatic rings. The Morgan fingerprint density at radius 1 is 0.947 bits per heavy atom. The molecule has 0 saturated heterocycles. The number of amides is 1. The number of benzene rings is 2. The van der Waals surface area contributed by atoms with Crippen LogP contribution in [0.1, 0.15) is 61.8 Å². The lowest BCUT2D eigenvalue weighted by molar-refractivity contribution is -0.192. The zero-order chi connectivity index (χ0) is 28.9. The predicted molar refractivity (Wildman–Crippen MR) is 122 cm³/mol. The smallest absolute Gasteiger partial charge is 0.416 e. The van der Waals surface area contributed by atoms with Crippen LogP contribution in [0.2, 0.25) is 0 Å². The van der Waals surface area contributed by atoms with E-state index < -0.39 is 70.5 Å². The maximum absolute atomic E-state index is 14.8. The van der Waals surface area contributed by atoms with Crippen molar-refractivity contribution in [2.45, 2.75) is 68.5 Å². The molecule has 0 bridgehead atoms. The van der Waals surface area contributed by atoms with E-state index in [-0.39, 0.29) is 23.9 Å². The predicted octanol–water partition coefficient (Wildman–Crippen LogP) is 9.04. The minimum Gasteiger partial charge on any atom is -0.449 e. The lowest BCUT2D eigenvalue weighted by Gasteiger charge is -2.52. The molecule has 1 heterocycles. The molecule has 2 aromatic rings. The molecule has 0 fully saturated rings. The lowest BCUT2D eigenvalue weighted by Crippen LogP contribution is -2.64. The highest BCUT2D eigenvalue weighted by molar-refractivity contribution is 6.24. The Labute approximate surface area is 217 Å². The molecule has 13 heteroatoms. The molecule has 3 atom stereocenters. The van der Waals surface area contributed by atoms with Gasteiger partial charge in [0.15, 0.2) is 0 Å². The first kappa shape index (κ1) is 29.9. The van der Waals surface area contributed by atoms with E-state index in [9.17, 15) is 44.3 Å². The van der Waals surface area contributed by atoms with Crippen molar-refractivity contribution >= 4 is 23.4 Å². The van der Waals surface area contributed by atoms with Gasteiger partial charge in [0, 0.05) is 5.92 Å². The fraction of sp³-hybridized carbons (Fsp3) is 0.480. The van der Waals surface area contributed by atoms with Crippen molar-refractivity contribution in [1.29, 1.82) is 0 Å². The van der Waals surface area contributed by atoms with Gasteiger partial charge in [-0.3, -0.25) is 4.90 Å². The van der Waals surface area contributed by atoms with Gasteiger partial charge in [-0.1, -0.05) is 25.1 Å². The molecule has 3 unspecified atom stereocenters. The molecule has 0 radical (unpaired) electrons. The van der Waals surface area contributed by atoms with Crippen LogP contribution in [0.5, 0.6) is 0 Å². The van der Waals surface area contributed by atoms with Gasteiger partial charge in [0.2, 0.25) is 0 Å². The zero-order valence-electron chi connectivity index (χ0n) is 20.3. The fourth-order valence-electron chi connectivity index (χ4n) is 4.88. The number of hydrogen-bond acceptors (Lipinski definition) is 2. The van der Waals surface area contributed by atoms with Crippen molar-refractivity contribution in [1.82, 2.24) is 0 Å². The summed E-state index contributed by atoms with van der Waals surface area (Å²) in [4.78, 5) is 11.1. The number of hydrogen-bond donors (Lipinski definition) is 0. The Morgan fingerprint density at radius 3 is 1.89 bits per heavy atom. The molecule has 38 heavy (non-hydrogen) atoms. The molecule has 1 aliphatic heterocycles. The molecule has 210 valence electrons. The van der Waals surface area contributed by atoms with E-state index in [0.717, 1.165) is 6.92 Å². The Balaban J connectivity index is 2.34. The van der Waals surface area contributed by atoms with E-state index in [4.69, 9.17) is 16.3 Å². The Kier molecular flexibility index (Phi) is 7.75. The van der Waals surface area contributed by atoms with Gasteiger partial charge in [0.05, 0.1) is 28.3 Å². The summed E-state index contributed by atoms with van der Waals surface area (Å²) in [5.74, 6) is -1.46. The number of carbonyl (C=O) groups is 1. The minimum absolute atomic E-state index is 0.0392. The number of para-hydroxylation sites is 1. The summed E-state index contributed by atoms with van der Waals surface area (Å²) in [6.07, 6.45) is -18.4. The van der Waals surface area contributed by atoms with Gasteiger partial charge in [0.1, 0.15) is 5.54 Å². The average molecular weight is 576 g/mol. The number of nitrogens with zero attached hydrogens (tertiary/aromatic N) is 1. The molecule has 3 rings (SSSR count). The van der Waals surface area contributed by atoms with Crippen molar-refractivity contribution in [2.24, 2.45) is 0 Å². The third-order valence-electron chi connectivity index (χ3n) is 6.89. The van der Waals surface area contributed by atoms with E-state index in [2.05, 4.69) is 0 Å². The Hall–Kier alpha value is -2.63. The SMILES string of the molecule is CCOC(=O)N1c2ccccc2C(C(C)(Cl)c2cc(C(F)(F)F)cc(C(F)(F)F)c2)CC1(CC)C(F)(F)F. The van der Waals surface area contributed by atoms with Crippen molar-refractivity contribution < 1.29 is 49.0 Å². The van der Waals surface area contributed by atoms with Gasteiger partial charge in [-0.25, -0.2) is 4.79 Å². The number of fused-ring (bicyclic) bond motifs is 1. The maximum atomic E-state index is 14.8. The van der Waals surface area contributed by atoms with Crippen molar-refractivity contribution in [3.8, 4) is 0 Å². The summed E-state index contributed by atoms with van der Waals surface area (Å²) in [7, 11) is 0. The van der Waals surface area contributed by atoms with Gasteiger partial charge in [-0.2, -0.15) is 39.5 Å². The fourth-order valence-corrected chi connectivity index (χ4v) is 5.19. The van der Waals surface area contributed by atoms with Crippen molar-refractivity contribution in [3.63, 3.8) is 0 Å². The zero-order valence-corrected chi connectivity index (χ0v) is 21.0. The van der Waals surface area contributed by atoms with Crippen LogP contribution in [0.3, 0.4) is 0 Å². The monoisotopic (exact) mass is 575 g/mol. The molecule has 3 nitrogen and oxygen atoms in total. The highest BCUT2D eigenvalue weighted by atomic mass is 35.5.